The number of fused-ring (bicyclic) bond motifs is 5. The average Bonchev–Trinajstić information content (AvgIpc) is 3.28. The van der Waals surface area contributed by atoms with Gasteiger partial charge in [-0.2, -0.15) is 13.2 Å². The fraction of sp³-hybridized carbons (Fsp3) is 0.440. The third-order valence-corrected chi connectivity index (χ3v) is 7.49. The Kier molecular flexibility index (Phi) is 4.76. The predicted octanol–water partition coefficient (Wildman–Crippen LogP) is 4.98. The van der Waals surface area contributed by atoms with Gasteiger partial charge in [-0.05, 0) is 56.0 Å². The lowest BCUT2D eigenvalue weighted by atomic mass is 9.89. The Morgan fingerprint density at radius 1 is 1.31 bits per heavy atom. The number of H-pyrrole nitrogens is 1. The molecule has 35 heavy (non-hydrogen) atoms. The Balaban J connectivity index is 1.39. The fourth-order valence-corrected chi connectivity index (χ4v) is 5.52. The monoisotopic (exact) mass is 486 g/mol. The van der Waals surface area contributed by atoms with E-state index < -0.39 is 23.4 Å². The molecule has 7 nitrogen and oxygen atoms in total. The Morgan fingerprint density at radius 2 is 2.09 bits per heavy atom. The maximum atomic E-state index is 13.7. The lowest BCUT2D eigenvalue weighted by molar-refractivity contribution is -0.137. The molecule has 3 aromatic rings. The number of ether oxygens (including phenoxy) is 2. The first-order valence-electron chi connectivity index (χ1n) is 11.7. The van der Waals surface area contributed by atoms with Crippen molar-refractivity contribution in [1.29, 1.82) is 0 Å². The second-order valence-corrected chi connectivity index (χ2v) is 9.50. The first-order valence-corrected chi connectivity index (χ1v) is 11.7. The molecule has 2 aliphatic heterocycles. The number of nitrogens with one attached hydrogen (secondary N) is 1. The van der Waals surface area contributed by atoms with Crippen molar-refractivity contribution >= 4 is 22.8 Å². The van der Waals surface area contributed by atoms with Crippen molar-refractivity contribution in [2.75, 3.05) is 18.9 Å². The first kappa shape index (κ1) is 22.4. The molecule has 2 atom stereocenters. The molecule has 3 N–H and O–H groups in total. The van der Waals surface area contributed by atoms with Gasteiger partial charge >= 0.3 is 6.18 Å². The highest BCUT2D eigenvalue weighted by molar-refractivity contribution is 5.98. The van der Waals surface area contributed by atoms with Gasteiger partial charge in [-0.3, -0.25) is 4.79 Å². The number of rotatable bonds is 3. The largest absolute Gasteiger partial charge is 0.416 e. The second kappa shape index (κ2) is 7.44. The number of amides is 1. The summed E-state index contributed by atoms with van der Waals surface area (Å²) < 4.78 is 52.0. The molecule has 1 aromatic carbocycles. The van der Waals surface area contributed by atoms with Crippen molar-refractivity contribution in [3.63, 3.8) is 0 Å². The summed E-state index contributed by atoms with van der Waals surface area (Å²) in [4.78, 5) is 23.0. The molecule has 1 aliphatic carbocycles. The number of alkyl halides is 3. The maximum absolute atomic E-state index is 13.7. The van der Waals surface area contributed by atoms with Crippen LogP contribution in [-0.2, 0) is 27.9 Å². The van der Waals surface area contributed by atoms with Crippen LogP contribution in [0.5, 0.6) is 0 Å². The van der Waals surface area contributed by atoms with Gasteiger partial charge in [0.1, 0.15) is 11.5 Å². The Morgan fingerprint density at radius 3 is 2.77 bits per heavy atom. The number of hydrogen-bond donors (Lipinski definition) is 2. The van der Waals surface area contributed by atoms with Crippen LogP contribution in [0.15, 0.2) is 24.3 Å². The van der Waals surface area contributed by atoms with Crippen LogP contribution in [0.25, 0.3) is 11.0 Å². The zero-order chi connectivity index (χ0) is 24.7. The van der Waals surface area contributed by atoms with Crippen LogP contribution in [0.1, 0.15) is 77.1 Å². The molecule has 1 amide bonds. The van der Waals surface area contributed by atoms with Gasteiger partial charge in [-0.25, -0.2) is 4.98 Å². The van der Waals surface area contributed by atoms with Gasteiger partial charge in [0.05, 0.1) is 47.6 Å². The zero-order valence-corrected chi connectivity index (χ0v) is 19.3. The topological polar surface area (TPSA) is 93.5 Å². The molecule has 0 saturated heterocycles. The number of nitrogens with two attached hydrogens (primary N) is 1. The number of nitrogen functional groups attached to an aromatic ring is 1. The van der Waals surface area contributed by atoms with Crippen LogP contribution in [0.2, 0.25) is 0 Å². The van der Waals surface area contributed by atoms with E-state index in [0.29, 0.717) is 59.7 Å². The van der Waals surface area contributed by atoms with Gasteiger partial charge in [-0.1, -0.05) is 6.07 Å². The molecule has 10 heteroatoms. The fourth-order valence-electron chi connectivity index (χ4n) is 5.52. The second-order valence-electron chi connectivity index (χ2n) is 9.50. The molecule has 1 fully saturated rings. The summed E-state index contributed by atoms with van der Waals surface area (Å²) in [6.07, 6.45) is -3.27. The van der Waals surface area contributed by atoms with Gasteiger partial charge in [0.2, 0.25) is 0 Å². The number of benzene rings is 1. The lowest BCUT2D eigenvalue weighted by Crippen LogP contribution is -2.41. The van der Waals surface area contributed by atoms with Crippen LogP contribution < -0.4 is 5.73 Å². The number of likely N-dealkylation sites (N-methyl/N-ethyl adjacent to an activating group) is 1. The smallest absolute Gasteiger partial charge is 0.383 e. The summed E-state index contributed by atoms with van der Waals surface area (Å²) in [5.41, 5.74) is 9.36. The van der Waals surface area contributed by atoms with Crippen molar-refractivity contribution < 1.29 is 27.4 Å². The number of nitrogens with zero attached hydrogens (tertiary/aromatic N) is 2. The van der Waals surface area contributed by atoms with E-state index in [1.807, 2.05) is 13.8 Å². The summed E-state index contributed by atoms with van der Waals surface area (Å²) in [5.74, 6) is 0.101. The summed E-state index contributed by atoms with van der Waals surface area (Å²) in [6, 6.07) is 4.94. The van der Waals surface area contributed by atoms with Crippen molar-refractivity contribution in [1.82, 2.24) is 14.9 Å². The molecule has 3 aliphatic rings. The number of aromatic nitrogens is 2. The van der Waals surface area contributed by atoms with Crippen molar-refractivity contribution in [2.24, 2.45) is 0 Å². The van der Waals surface area contributed by atoms with Crippen molar-refractivity contribution in [2.45, 2.75) is 57.2 Å². The van der Waals surface area contributed by atoms with Crippen LogP contribution in [0, 0.1) is 0 Å². The van der Waals surface area contributed by atoms with Crippen LogP contribution >= 0.6 is 0 Å². The van der Waals surface area contributed by atoms with E-state index in [1.165, 1.54) is 12.1 Å². The molecule has 6 rings (SSSR count). The van der Waals surface area contributed by atoms with E-state index in [0.717, 1.165) is 17.2 Å². The van der Waals surface area contributed by atoms with Gasteiger partial charge in [-0.15, -0.1) is 0 Å². The number of pyridine rings is 1. The van der Waals surface area contributed by atoms with E-state index in [1.54, 1.807) is 11.0 Å². The van der Waals surface area contributed by atoms with Gasteiger partial charge in [0, 0.05) is 17.7 Å². The van der Waals surface area contributed by atoms with Crippen LogP contribution in [0.4, 0.5) is 19.0 Å². The number of halogens is 3. The quantitative estimate of drug-likeness (QED) is 0.545. The number of hydrogen-bond acceptors (Lipinski definition) is 5. The number of carbonyl (C=O) groups excluding carboxylic acids is 1. The molecule has 4 heterocycles. The summed E-state index contributed by atoms with van der Waals surface area (Å²) >= 11 is 0. The Bertz CT molecular complexity index is 1360. The molecule has 2 aromatic heterocycles. The van der Waals surface area contributed by atoms with E-state index in [4.69, 9.17) is 15.2 Å². The first-order chi connectivity index (χ1) is 16.6. The SMILES string of the molecule is CCN(C(=O)c1cc2nc(N)c3c(c2[nH]1)CO[C@@H]3C)[C@@H]1COC2(CC2)c2cc(C(F)(F)F)ccc21. The highest BCUT2D eigenvalue weighted by Gasteiger charge is 2.52. The summed E-state index contributed by atoms with van der Waals surface area (Å²) in [7, 11) is 0. The molecule has 1 saturated carbocycles. The minimum absolute atomic E-state index is 0.177. The van der Waals surface area contributed by atoms with Gasteiger partial charge in [0.25, 0.3) is 5.91 Å². The van der Waals surface area contributed by atoms with E-state index >= 15 is 0 Å². The van der Waals surface area contributed by atoms with Gasteiger partial charge < -0.3 is 25.1 Å². The van der Waals surface area contributed by atoms with Crippen molar-refractivity contribution in [3.05, 3.63) is 57.8 Å². The summed E-state index contributed by atoms with van der Waals surface area (Å²) in [6.45, 7) is 4.70. The molecule has 0 radical (unpaired) electrons. The third-order valence-electron chi connectivity index (χ3n) is 7.49. The molecule has 0 bridgehead atoms. The Hall–Kier alpha value is -3.11. The normalized spacial score (nSPS) is 22.3. The highest BCUT2D eigenvalue weighted by Crippen LogP contribution is 2.55. The average molecular weight is 486 g/mol. The third kappa shape index (κ3) is 3.34. The summed E-state index contributed by atoms with van der Waals surface area (Å²) in [5, 5.41) is 0. The van der Waals surface area contributed by atoms with Gasteiger partial charge in [0.15, 0.2) is 0 Å². The molecule has 184 valence electrons. The number of anilines is 1. The van der Waals surface area contributed by atoms with E-state index in [2.05, 4.69) is 9.97 Å². The standard InChI is InChI=1S/C25H25F3N4O3/c1-3-32(19-11-35-24(6-7-24)16-8-13(25(26,27)28)4-5-14(16)19)23(33)18-9-17-21(30-18)15-10-34-12(2)20(15)22(29)31-17/h4-5,8-9,12,19,30H,3,6-7,10-11H2,1-2H3,(H2,29,31)/t12-,19-/m1/s1. The molecular weight excluding hydrogens is 461 g/mol. The zero-order valence-electron chi connectivity index (χ0n) is 19.3. The Labute approximate surface area is 199 Å². The predicted molar refractivity (Wildman–Crippen MR) is 121 cm³/mol. The molecule has 1 spiro atoms. The maximum Gasteiger partial charge on any atom is 0.416 e. The minimum Gasteiger partial charge on any atom is -0.383 e. The van der Waals surface area contributed by atoms with E-state index in [9.17, 15) is 18.0 Å². The highest BCUT2D eigenvalue weighted by atomic mass is 19.4. The molecule has 0 unspecified atom stereocenters. The van der Waals surface area contributed by atoms with Crippen LogP contribution in [-0.4, -0.2) is 33.9 Å². The molecular formula is C25H25F3N4O3. The number of carbonyl (C=O) groups is 1. The minimum atomic E-state index is -4.45. The lowest BCUT2D eigenvalue weighted by Gasteiger charge is -2.38. The van der Waals surface area contributed by atoms with Crippen LogP contribution in [0.3, 0.4) is 0 Å². The van der Waals surface area contributed by atoms with Crippen molar-refractivity contribution in [3.8, 4) is 0 Å². The van der Waals surface area contributed by atoms with E-state index in [-0.39, 0.29) is 18.6 Å². The number of aromatic amines is 1.